The van der Waals surface area contributed by atoms with Crippen LogP contribution >= 0.6 is 11.8 Å². The highest BCUT2D eigenvalue weighted by Crippen LogP contribution is 2.29. The first kappa shape index (κ1) is 12.3. The van der Waals surface area contributed by atoms with Gasteiger partial charge in [-0.05, 0) is 12.5 Å². The first-order valence-corrected chi connectivity index (χ1v) is 7.40. The number of hydrogen-bond donors (Lipinski definition) is 1. The number of aromatic nitrogens is 3. The van der Waals surface area contributed by atoms with Crippen molar-refractivity contribution in [1.82, 2.24) is 15.2 Å². The van der Waals surface area contributed by atoms with Crippen LogP contribution in [0.3, 0.4) is 0 Å². The van der Waals surface area contributed by atoms with Gasteiger partial charge in [-0.3, -0.25) is 0 Å². The summed E-state index contributed by atoms with van der Waals surface area (Å²) in [5.74, 6) is 1.60. The van der Waals surface area contributed by atoms with Gasteiger partial charge in [-0.1, -0.05) is 43.3 Å². The molecule has 0 saturated heterocycles. The van der Waals surface area contributed by atoms with E-state index in [2.05, 4.69) is 28.2 Å². The Kier molecular flexibility index (Phi) is 3.55. The van der Waals surface area contributed by atoms with E-state index in [0.717, 1.165) is 28.6 Å². The number of nitrogens with zero attached hydrogens (tertiary/aromatic N) is 2. The third-order valence-corrected chi connectivity index (χ3v) is 3.85. The van der Waals surface area contributed by atoms with Crippen molar-refractivity contribution in [3.63, 3.8) is 0 Å². The van der Waals surface area contributed by atoms with Crippen LogP contribution in [0.5, 0.6) is 0 Å². The average molecular weight is 273 g/mol. The summed E-state index contributed by atoms with van der Waals surface area (Å²) in [6, 6.07) is 8.09. The lowest BCUT2D eigenvalue weighted by molar-refractivity contribution is 0.466. The normalized spacial score (nSPS) is 11.2. The van der Waals surface area contributed by atoms with E-state index in [4.69, 9.17) is 4.42 Å². The Balaban J connectivity index is 1.86. The lowest BCUT2D eigenvalue weighted by atomic mass is 10.2. The van der Waals surface area contributed by atoms with Gasteiger partial charge in [0.1, 0.15) is 0 Å². The Labute approximate surface area is 115 Å². The molecular formula is C14H15N3OS. The van der Waals surface area contributed by atoms with E-state index in [1.807, 2.05) is 24.4 Å². The van der Waals surface area contributed by atoms with Gasteiger partial charge in [0.2, 0.25) is 0 Å². The van der Waals surface area contributed by atoms with Crippen LogP contribution in [0.1, 0.15) is 19.8 Å². The minimum absolute atomic E-state index is 0.580. The fourth-order valence-corrected chi connectivity index (χ4v) is 2.77. The maximum Gasteiger partial charge on any atom is 0.276 e. The molecule has 0 aliphatic heterocycles. The van der Waals surface area contributed by atoms with Crippen LogP contribution in [-0.2, 0) is 0 Å². The molecule has 0 aliphatic carbocycles. The van der Waals surface area contributed by atoms with E-state index < -0.39 is 0 Å². The van der Waals surface area contributed by atoms with Crippen LogP contribution in [0, 0.1) is 0 Å². The quantitative estimate of drug-likeness (QED) is 0.561. The number of unbranched alkanes of at least 4 members (excludes halogenated alkanes) is 1. The summed E-state index contributed by atoms with van der Waals surface area (Å²) >= 11 is 1.62. The van der Waals surface area contributed by atoms with Crippen LogP contribution in [0.25, 0.3) is 22.4 Å². The molecule has 0 saturated carbocycles. The number of H-pyrrole nitrogens is 1. The lowest BCUT2D eigenvalue weighted by Gasteiger charge is -1.93. The van der Waals surface area contributed by atoms with E-state index in [1.165, 1.54) is 6.42 Å². The Hall–Kier alpha value is -1.75. The Morgan fingerprint density at radius 2 is 2.16 bits per heavy atom. The smallest absolute Gasteiger partial charge is 0.276 e. The Morgan fingerprint density at radius 3 is 3.05 bits per heavy atom. The van der Waals surface area contributed by atoms with Crippen molar-refractivity contribution in [3.8, 4) is 11.5 Å². The van der Waals surface area contributed by atoms with Gasteiger partial charge in [0.25, 0.3) is 11.1 Å². The number of thioether (sulfide) groups is 1. The lowest BCUT2D eigenvalue weighted by Crippen LogP contribution is -1.77. The van der Waals surface area contributed by atoms with Crippen molar-refractivity contribution in [2.75, 3.05) is 5.75 Å². The molecule has 0 atom stereocenters. The Morgan fingerprint density at radius 1 is 1.26 bits per heavy atom. The minimum Gasteiger partial charge on any atom is -0.411 e. The van der Waals surface area contributed by atoms with E-state index in [1.54, 1.807) is 11.8 Å². The van der Waals surface area contributed by atoms with Crippen molar-refractivity contribution in [1.29, 1.82) is 0 Å². The van der Waals surface area contributed by atoms with Crippen LogP contribution < -0.4 is 0 Å². The second kappa shape index (κ2) is 5.48. The van der Waals surface area contributed by atoms with Crippen molar-refractivity contribution >= 4 is 22.7 Å². The summed E-state index contributed by atoms with van der Waals surface area (Å²) in [4.78, 5) is 3.21. The highest BCUT2D eigenvalue weighted by atomic mass is 32.2. The fourth-order valence-electron chi connectivity index (χ4n) is 1.93. The molecule has 2 heterocycles. The maximum atomic E-state index is 5.70. The van der Waals surface area contributed by atoms with Gasteiger partial charge in [-0.25, -0.2) is 0 Å². The molecule has 0 fully saturated rings. The first-order valence-electron chi connectivity index (χ1n) is 6.41. The van der Waals surface area contributed by atoms with Crippen molar-refractivity contribution in [3.05, 3.63) is 30.5 Å². The number of nitrogens with one attached hydrogen (secondary N) is 1. The maximum absolute atomic E-state index is 5.70. The number of para-hydroxylation sites is 1. The van der Waals surface area contributed by atoms with Crippen LogP contribution in [-0.4, -0.2) is 20.9 Å². The molecule has 0 bridgehead atoms. The van der Waals surface area contributed by atoms with E-state index in [9.17, 15) is 0 Å². The molecule has 19 heavy (non-hydrogen) atoms. The predicted molar refractivity (Wildman–Crippen MR) is 77.2 cm³/mol. The van der Waals surface area contributed by atoms with Gasteiger partial charge in [0, 0.05) is 22.9 Å². The Bertz CT molecular complexity index is 674. The number of aromatic amines is 1. The molecular weight excluding hydrogens is 258 g/mol. The predicted octanol–water partition coefficient (Wildman–Crippen LogP) is 4.11. The molecule has 2 aromatic heterocycles. The summed E-state index contributed by atoms with van der Waals surface area (Å²) < 4.78 is 5.70. The second-order valence-electron chi connectivity index (χ2n) is 4.32. The first-order chi connectivity index (χ1) is 9.38. The third-order valence-electron chi connectivity index (χ3n) is 2.95. The monoisotopic (exact) mass is 273 g/mol. The summed E-state index contributed by atoms with van der Waals surface area (Å²) in [5.41, 5.74) is 2.04. The van der Waals surface area contributed by atoms with Crippen LogP contribution in [0.2, 0.25) is 0 Å². The number of fused-ring (bicyclic) bond motifs is 1. The molecule has 1 aromatic carbocycles. The summed E-state index contributed by atoms with van der Waals surface area (Å²) in [6.45, 7) is 2.17. The number of benzene rings is 1. The fraction of sp³-hybridized carbons (Fsp3) is 0.286. The summed E-state index contributed by atoms with van der Waals surface area (Å²) in [5, 5.41) is 9.97. The molecule has 0 spiro atoms. The highest BCUT2D eigenvalue weighted by Gasteiger charge is 2.12. The number of rotatable bonds is 5. The summed E-state index contributed by atoms with van der Waals surface area (Å²) in [7, 11) is 0. The largest absolute Gasteiger partial charge is 0.411 e. The molecule has 0 aliphatic rings. The van der Waals surface area contributed by atoms with Gasteiger partial charge in [-0.15, -0.1) is 10.2 Å². The number of hydrogen-bond acceptors (Lipinski definition) is 4. The molecule has 98 valence electrons. The van der Waals surface area contributed by atoms with E-state index in [0.29, 0.717) is 11.1 Å². The minimum atomic E-state index is 0.580. The van der Waals surface area contributed by atoms with Crippen LogP contribution in [0.15, 0.2) is 40.1 Å². The zero-order valence-corrected chi connectivity index (χ0v) is 11.5. The molecule has 3 aromatic rings. The SMILES string of the molecule is CCCCSc1nnc(-c2c[nH]c3ccccc23)o1. The van der Waals surface area contributed by atoms with Gasteiger partial charge >= 0.3 is 0 Å². The van der Waals surface area contributed by atoms with Crippen molar-refractivity contribution < 1.29 is 4.42 Å². The van der Waals surface area contributed by atoms with Crippen molar-refractivity contribution in [2.24, 2.45) is 0 Å². The zero-order chi connectivity index (χ0) is 13.1. The second-order valence-corrected chi connectivity index (χ2v) is 5.37. The van der Waals surface area contributed by atoms with Gasteiger partial charge in [0.05, 0.1) is 5.56 Å². The third kappa shape index (κ3) is 2.51. The van der Waals surface area contributed by atoms with Crippen molar-refractivity contribution in [2.45, 2.75) is 25.0 Å². The molecule has 0 unspecified atom stereocenters. The molecule has 5 heteroatoms. The van der Waals surface area contributed by atoms with Gasteiger partial charge < -0.3 is 9.40 Å². The molecule has 0 radical (unpaired) electrons. The standard InChI is InChI=1S/C14H15N3OS/c1-2-3-8-19-14-17-16-13(18-14)11-9-15-12-7-5-4-6-10(11)12/h4-7,9,15H,2-3,8H2,1H3. The molecule has 0 amide bonds. The van der Waals surface area contributed by atoms with E-state index >= 15 is 0 Å². The van der Waals surface area contributed by atoms with Gasteiger partial charge in [-0.2, -0.15) is 0 Å². The van der Waals surface area contributed by atoms with E-state index in [-0.39, 0.29) is 0 Å². The molecule has 3 rings (SSSR count). The average Bonchev–Trinajstić information content (AvgIpc) is 3.05. The zero-order valence-electron chi connectivity index (χ0n) is 10.7. The molecule has 4 nitrogen and oxygen atoms in total. The topological polar surface area (TPSA) is 54.7 Å². The highest BCUT2D eigenvalue weighted by molar-refractivity contribution is 7.99. The van der Waals surface area contributed by atoms with Crippen LogP contribution in [0.4, 0.5) is 0 Å². The summed E-state index contributed by atoms with van der Waals surface area (Å²) in [6.07, 6.45) is 4.25. The van der Waals surface area contributed by atoms with Gasteiger partial charge in [0.15, 0.2) is 0 Å². The molecule has 1 N–H and O–H groups in total.